The number of hydrazine groups is 1. The Morgan fingerprint density at radius 2 is 2.00 bits per heavy atom. The molecule has 11 heavy (non-hydrogen) atoms. The zero-order chi connectivity index (χ0) is 8.69. The highest BCUT2D eigenvalue weighted by molar-refractivity contribution is 5.79. The van der Waals surface area contributed by atoms with E-state index >= 15 is 0 Å². The van der Waals surface area contributed by atoms with Gasteiger partial charge in [0.05, 0.1) is 6.61 Å². The van der Waals surface area contributed by atoms with Crippen LogP contribution < -0.4 is 16.2 Å². The molecule has 0 heterocycles. The second-order valence-electron chi connectivity index (χ2n) is 1.79. The van der Waals surface area contributed by atoms with Gasteiger partial charge in [0.25, 0.3) is 0 Å². The van der Waals surface area contributed by atoms with Gasteiger partial charge in [0.2, 0.25) is 5.91 Å². The molecule has 0 atom stereocenters. The third kappa shape index (κ3) is 6.59. The van der Waals surface area contributed by atoms with Crippen LogP contribution in [0.4, 0.5) is 4.79 Å². The van der Waals surface area contributed by atoms with Gasteiger partial charge < -0.3 is 10.4 Å². The highest BCUT2D eigenvalue weighted by Crippen LogP contribution is 1.61. The molecule has 0 aliphatic carbocycles. The van der Waals surface area contributed by atoms with Gasteiger partial charge in [-0.25, -0.2) is 10.2 Å². The third-order valence-electron chi connectivity index (χ3n) is 0.749. The summed E-state index contributed by atoms with van der Waals surface area (Å²) in [6.45, 7) is 1.30. The van der Waals surface area contributed by atoms with E-state index < -0.39 is 6.03 Å². The van der Waals surface area contributed by atoms with Gasteiger partial charge in [-0.1, -0.05) is 0 Å². The van der Waals surface area contributed by atoms with Crippen LogP contribution in [0.25, 0.3) is 0 Å². The van der Waals surface area contributed by atoms with E-state index in [1.807, 2.05) is 0 Å². The number of carbonyl (C=O) groups excluding carboxylic acids is 2. The fraction of sp³-hybridized carbons (Fsp3) is 0.600. The molecule has 0 aliphatic rings. The van der Waals surface area contributed by atoms with Crippen LogP contribution in [0.3, 0.4) is 0 Å². The average Bonchev–Trinajstić information content (AvgIpc) is 1.97. The van der Waals surface area contributed by atoms with Gasteiger partial charge in [-0.15, -0.1) is 0 Å². The lowest BCUT2D eigenvalue weighted by atomic mass is 10.7. The minimum absolute atomic E-state index is 0.131. The molecule has 4 N–H and O–H groups in total. The second kappa shape index (κ2) is 5.48. The Labute approximate surface area is 63.9 Å². The molecule has 0 saturated heterocycles. The third-order valence-corrected chi connectivity index (χ3v) is 0.749. The molecule has 0 radical (unpaired) electrons. The van der Waals surface area contributed by atoms with E-state index in [0.717, 1.165) is 0 Å². The molecule has 0 aromatic rings. The second-order valence-corrected chi connectivity index (χ2v) is 1.79. The first-order valence-electron chi connectivity index (χ1n) is 3.08. The molecule has 3 amide bonds. The first-order valence-corrected chi connectivity index (χ1v) is 3.08. The summed E-state index contributed by atoms with van der Waals surface area (Å²) >= 11 is 0. The lowest BCUT2D eigenvalue weighted by Crippen LogP contribution is -2.46. The van der Waals surface area contributed by atoms with Crippen LogP contribution >= 0.6 is 0 Å². The number of hydrogen-bond donors (Lipinski definition) is 4. The Morgan fingerprint density at radius 1 is 1.36 bits per heavy atom. The maximum atomic E-state index is 10.6. The zero-order valence-electron chi connectivity index (χ0n) is 6.18. The van der Waals surface area contributed by atoms with Gasteiger partial charge in [-0.05, 0) is 0 Å². The highest BCUT2D eigenvalue weighted by Gasteiger charge is 1.96. The predicted octanol–water partition coefficient (Wildman–Crippen LogP) is -1.67. The Bertz CT molecular complexity index is 148. The standard InChI is InChI=1S/C5H11N3O3/c1-4(10)7-8-5(11)6-2-3-9/h9H,2-3H2,1H3,(H,7,10)(H2,6,8,11). The van der Waals surface area contributed by atoms with E-state index in [4.69, 9.17) is 5.11 Å². The molecule has 0 saturated carbocycles. The quantitative estimate of drug-likeness (QED) is 0.365. The minimum atomic E-state index is -0.547. The highest BCUT2D eigenvalue weighted by atomic mass is 16.3. The van der Waals surface area contributed by atoms with E-state index in [9.17, 15) is 9.59 Å². The molecular formula is C5H11N3O3. The first kappa shape index (κ1) is 9.70. The maximum absolute atomic E-state index is 10.6. The number of rotatable bonds is 2. The van der Waals surface area contributed by atoms with E-state index in [0.29, 0.717) is 0 Å². The molecule has 0 spiro atoms. The molecule has 0 fully saturated rings. The topological polar surface area (TPSA) is 90.5 Å². The molecule has 0 aliphatic heterocycles. The van der Waals surface area contributed by atoms with E-state index in [2.05, 4.69) is 16.2 Å². The van der Waals surface area contributed by atoms with Crippen molar-refractivity contribution in [3.63, 3.8) is 0 Å². The number of carbonyl (C=O) groups is 2. The molecule has 0 bridgehead atoms. The fourth-order valence-corrected chi connectivity index (χ4v) is 0.358. The Kier molecular flexibility index (Phi) is 4.83. The monoisotopic (exact) mass is 161 g/mol. The normalized spacial score (nSPS) is 8.55. The van der Waals surface area contributed by atoms with Gasteiger partial charge in [-0.3, -0.25) is 10.2 Å². The van der Waals surface area contributed by atoms with Crippen molar-refractivity contribution in [2.45, 2.75) is 6.92 Å². The number of amides is 3. The zero-order valence-corrected chi connectivity index (χ0v) is 6.18. The average molecular weight is 161 g/mol. The van der Waals surface area contributed by atoms with Gasteiger partial charge in [0.1, 0.15) is 0 Å². The van der Waals surface area contributed by atoms with Crippen LogP contribution in [-0.2, 0) is 4.79 Å². The Morgan fingerprint density at radius 3 is 2.45 bits per heavy atom. The Hall–Kier alpha value is -1.30. The van der Waals surface area contributed by atoms with Crippen molar-refractivity contribution in [3.8, 4) is 0 Å². The number of nitrogens with one attached hydrogen (secondary N) is 3. The molecule has 6 nitrogen and oxygen atoms in total. The fourth-order valence-electron chi connectivity index (χ4n) is 0.358. The van der Waals surface area contributed by atoms with E-state index in [-0.39, 0.29) is 19.1 Å². The van der Waals surface area contributed by atoms with Crippen LogP contribution in [-0.4, -0.2) is 30.2 Å². The van der Waals surface area contributed by atoms with Crippen LogP contribution in [0.5, 0.6) is 0 Å². The molecule has 0 rings (SSSR count). The number of hydrogen-bond acceptors (Lipinski definition) is 3. The SMILES string of the molecule is CC(=O)NNC(=O)NCCO. The van der Waals surface area contributed by atoms with Crippen molar-refractivity contribution in [2.24, 2.45) is 0 Å². The summed E-state index contributed by atoms with van der Waals surface area (Å²) < 4.78 is 0. The van der Waals surface area contributed by atoms with Gasteiger partial charge in [0.15, 0.2) is 0 Å². The molecule has 0 aromatic carbocycles. The van der Waals surface area contributed by atoms with Crippen LogP contribution in [0.1, 0.15) is 6.92 Å². The van der Waals surface area contributed by atoms with E-state index in [1.165, 1.54) is 6.92 Å². The number of urea groups is 1. The maximum Gasteiger partial charge on any atom is 0.333 e. The van der Waals surface area contributed by atoms with Crippen molar-refractivity contribution >= 4 is 11.9 Å². The number of aliphatic hydroxyl groups excluding tert-OH is 1. The lowest BCUT2D eigenvalue weighted by molar-refractivity contribution is -0.119. The molecule has 64 valence electrons. The largest absolute Gasteiger partial charge is 0.395 e. The first-order chi connectivity index (χ1) is 5.16. The van der Waals surface area contributed by atoms with Gasteiger partial charge in [-0.2, -0.15) is 0 Å². The molecule has 6 heteroatoms. The van der Waals surface area contributed by atoms with Crippen molar-refractivity contribution in [3.05, 3.63) is 0 Å². The molecular weight excluding hydrogens is 150 g/mol. The molecule has 0 aromatic heterocycles. The van der Waals surface area contributed by atoms with Gasteiger partial charge >= 0.3 is 6.03 Å². The molecule has 0 unspecified atom stereocenters. The summed E-state index contributed by atoms with van der Waals surface area (Å²) in [5.74, 6) is -0.357. The number of aliphatic hydroxyl groups is 1. The smallest absolute Gasteiger partial charge is 0.333 e. The lowest BCUT2D eigenvalue weighted by Gasteiger charge is -2.04. The van der Waals surface area contributed by atoms with E-state index in [1.54, 1.807) is 0 Å². The van der Waals surface area contributed by atoms with Crippen molar-refractivity contribution in [2.75, 3.05) is 13.2 Å². The predicted molar refractivity (Wildman–Crippen MR) is 37.4 cm³/mol. The van der Waals surface area contributed by atoms with Crippen LogP contribution in [0.2, 0.25) is 0 Å². The summed E-state index contributed by atoms with van der Waals surface area (Å²) in [6.07, 6.45) is 0. The summed E-state index contributed by atoms with van der Waals surface area (Å²) in [7, 11) is 0. The van der Waals surface area contributed by atoms with Crippen LogP contribution in [0, 0.1) is 0 Å². The Balaban J connectivity index is 3.30. The van der Waals surface area contributed by atoms with Crippen molar-refractivity contribution in [1.82, 2.24) is 16.2 Å². The summed E-state index contributed by atoms with van der Waals surface area (Å²) in [5, 5.41) is 10.5. The van der Waals surface area contributed by atoms with Crippen molar-refractivity contribution < 1.29 is 14.7 Å². The summed E-state index contributed by atoms with van der Waals surface area (Å²) in [6, 6.07) is -0.547. The van der Waals surface area contributed by atoms with Crippen molar-refractivity contribution in [1.29, 1.82) is 0 Å². The summed E-state index contributed by atoms with van der Waals surface area (Å²) in [5.41, 5.74) is 4.13. The van der Waals surface area contributed by atoms with Gasteiger partial charge in [0, 0.05) is 13.5 Å². The van der Waals surface area contributed by atoms with Crippen LogP contribution in [0.15, 0.2) is 0 Å². The minimum Gasteiger partial charge on any atom is -0.395 e. The summed E-state index contributed by atoms with van der Waals surface area (Å²) in [4.78, 5) is 20.8.